The minimum absolute atomic E-state index is 0.245. The first-order valence-electron chi connectivity index (χ1n) is 11.1. The van der Waals surface area contributed by atoms with Gasteiger partial charge in [-0.2, -0.15) is 0 Å². The summed E-state index contributed by atoms with van der Waals surface area (Å²) in [6, 6.07) is 0. The number of esters is 1. The molecule has 0 heterocycles. The molecule has 0 aromatic heterocycles. The SMILES string of the molecule is CCCCCCCC[C@H]1CCC(C)(O)[C@@H]1CCCCC=CC(=O)OCC. The van der Waals surface area contributed by atoms with E-state index in [1.54, 1.807) is 0 Å². The molecule has 0 bridgehead atoms. The highest BCUT2D eigenvalue weighted by molar-refractivity contribution is 5.81. The zero-order valence-electron chi connectivity index (χ0n) is 17.5. The quantitative estimate of drug-likeness (QED) is 0.226. The van der Waals surface area contributed by atoms with Gasteiger partial charge in [0.15, 0.2) is 0 Å². The van der Waals surface area contributed by atoms with Gasteiger partial charge in [-0.3, -0.25) is 0 Å². The van der Waals surface area contributed by atoms with Gasteiger partial charge in [0.05, 0.1) is 12.2 Å². The van der Waals surface area contributed by atoms with Crippen LogP contribution in [0.4, 0.5) is 0 Å². The highest BCUT2D eigenvalue weighted by Gasteiger charge is 2.42. The topological polar surface area (TPSA) is 46.5 Å². The Labute approximate surface area is 161 Å². The number of hydrogen-bond donors (Lipinski definition) is 1. The van der Waals surface area contributed by atoms with Crippen LogP contribution in [0.3, 0.4) is 0 Å². The monoisotopic (exact) mass is 366 g/mol. The van der Waals surface area contributed by atoms with Crippen molar-refractivity contribution >= 4 is 5.97 Å². The van der Waals surface area contributed by atoms with Crippen LogP contribution in [0.1, 0.15) is 104 Å². The van der Waals surface area contributed by atoms with Crippen LogP contribution in [0.5, 0.6) is 0 Å². The second-order valence-electron chi connectivity index (χ2n) is 8.26. The van der Waals surface area contributed by atoms with Gasteiger partial charge in [-0.25, -0.2) is 4.79 Å². The summed E-state index contributed by atoms with van der Waals surface area (Å²) in [6.07, 6.45) is 19.2. The molecule has 3 nitrogen and oxygen atoms in total. The number of ether oxygens (including phenoxy) is 1. The van der Waals surface area contributed by atoms with Crippen LogP contribution in [-0.4, -0.2) is 23.3 Å². The zero-order chi connectivity index (χ0) is 19.3. The molecule has 1 fully saturated rings. The van der Waals surface area contributed by atoms with Crippen LogP contribution in [0, 0.1) is 11.8 Å². The predicted octanol–water partition coefficient (Wildman–Crippen LogP) is 6.19. The molecule has 0 aromatic rings. The molecular weight excluding hydrogens is 324 g/mol. The smallest absolute Gasteiger partial charge is 0.330 e. The Bertz CT molecular complexity index is 400. The summed E-state index contributed by atoms with van der Waals surface area (Å²) in [4.78, 5) is 11.3. The highest BCUT2D eigenvalue weighted by atomic mass is 16.5. The van der Waals surface area contributed by atoms with Crippen LogP contribution in [-0.2, 0) is 9.53 Å². The average Bonchev–Trinajstić information content (AvgIpc) is 2.88. The molecule has 1 rings (SSSR count). The van der Waals surface area contributed by atoms with Gasteiger partial charge >= 0.3 is 5.97 Å². The summed E-state index contributed by atoms with van der Waals surface area (Å²) in [5.41, 5.74) is -0.479. The largest absolute Gasteiger partial charge is 0.463 e. The van der Waals surface area contributed by atoms with Gasteiger partial charge in [-0.1, -0.05) is 64.4 Å². The zero-order valence-corrected chi connectivity index (χ0v) is 17.5. The molecule has 1 saturated carbocycles. The third kappa shape index (κ3) is 9.21. The van der Waals surface area contributed by atoms with Crippen molar-refractivity contribution in [3.63, 3.8) is 0 Å². The summed E-state index contributed by atoms with van der Waals surface area (Å²) in [5, 5.41) is 10.8. The van der Waals surface area contributed by atoms with E-state index in [1.165, 1.54) is 57.4 Å². The Balaban J connectivity index is 2.24. The van der Waals surface area contributed by atoms with Crippen LogP contribution in [0.15, 0.2) is 12.2 Å². The number of carbonyl (C=O) groups excluding carboxylic acids is 1. The third-order valence-corrected chi connectivity index (χ3v) is 5.99. The van der Waals surface area contributed by atoms with Crippen LogP contribution >= 0.6 is 0 Å². The van der Waals surface area contributed by atoms with Crippen molar-refractivity contribution in [2.75, 3.05) is 6.61 Å². The first-order chi connectivity index (χ1) is 12.5. The number of carbonyl (C=O) groups is 1. The highest BCUT2D eigenvalue weighted by Crippen LogP contribution is 2.45. The first-order valence-corrected chi connectivity index (χ1v) is 11.1. The van der Waals surface area contributed by atoms with E-state index in [4.69, 9.17) is 4.74 Å². The van der Waals surface area contributed by atoms with Crippen molar-refractivity contribution in [3.05, 3.63) is 12.2 Å². The van der Waals surface area contributed by atoms with E-state index in [1.807, 2.05) is 19.9 Å². The molecule has 152 valence electrons. The molecule has 0 radical (unpaired) electrons. The standard InChI is InChI=1S/C23H42O3/c1-4-6-7-8-9-12-15-20-18-19-23(3,25)21(20)16-13-10-11-14-17-22(24)26-5-2/h14,17,20-21,25H,4-13,15-16,18-19H2,1-3H3/t20-,21+,23?/m0/s1. The van der Waals surface area contributed by atoms with E-state index in [9.17, 15) is 9.90 Å². The fourth-order valence-electron chi connectivity index (χ4n) is 4.45. The van der Waals surface area contributed by atoms with Crippen molar-refractivity contribution in [2.24, 2.45) is 11.8 Å². The maximum absolute atomic E-state index is 11.3. The maximum Gasteiger partial charge on any atom is 0.330 e. The van der Waals surface area contributed by atoms with Gasteiger partial charge in [0.25, 0.3) is 0 Å². The minimum atomic E-state index is -0.479. The molecular formula is C23H42O3. The normalized spacial score (nSPS) is 25.8. The summed E-state index contributed by atoms with van der Waals surface area (Å²) in [7, 11) is 0. The van der Waals surface area contributed by atoms with Crippen molar-refractivity contribution in [3.8, 4) is 0 Å². The molecule has 0 saturated heterocycles. The van der Waals surface area contributed by atoms with E-state index < -0.39 is 5.60 Å². The van der Waals surface area contributed by atoms with Gasteiger partial charge in [0, 0.05) is 6.08 Å². The Morgan fingerprint density at radius 2 is 1.77 bits per heavy atom. The van der Waals surface area contributed by atoms with Crippen molar-refractivity contribution in [1.29, 1.82) is 0 Å². The van der Waals surface area contributed by atoms with Crippen LogP contribution in [0.2, 0.25) is 0 Å². The molecule has 3 heteroatoms. The molecule has 0 aromatic carbocycles. The van der Waals surface area contributed by atoms with Crippen LogP contribution in [0.25, 0.3) is 0 Å². The van der Waals surface area contributed by atoms with E-state index in [2.05, 4.69) is 6.92 Å². The van der Waals surface area contributed by atoms with Crippen molar-refractivity contribution in [2.45, 2.75) is 110 Å². The Hall–Kier alpha value is -0.830. The number of allylic oxidation sites excluding steroid dienone is 1. The molecule has 1 unspecified atom stereocenters. The molecule has 0 amide bonds. The lowest BCUT2D eigenvalue weighted by Gasteiger charge is -2.29. The fraction of sp³-hybridized carbons (Fsp3) is 0.870. The van der Waals surface area contributed by atoms with E-state index >= 15 is 0 Å². The lowest BCUT2D eigenvalue weighted by Crippen LogP contribution is -2.31. The summed E-state index contributed by atoms with van der Waals surface area (Å²) in [5.74, 6) is 0.906. The van der Waals surface area contributed by atoms with Gasteiger partial charge in [0.2, 0.25) is 0 Å². The van der Waals surface area contributed by atoms with E-state index in [-0.39, 0.29) is 5.97 Å². The Morgan fingerprint density at radius 3 is 2.50 bits per heavy atom. The molecule has 3 atom stereocenters. The fourth-order valence-corrected chi connectivity index (χ4v) is 4.45. The molecule has 0 aliphatic heterocycles. The summed E-state index contributed by atoms with van der Waals surface area (Å²) < 4.78 is 4.88. The van der Waals surface area contributed by atoms with Crippen LogP contribution < -0.4 is 0 Å². The van der Waals surface area contributed by atoms with E-state index in [0.29, 0.717) is 18.4 Å². The van der Waals surface area contributed by atoms with Gasteiger partial charge in [0.1, 0.15) is 0 Å². The predicted molar refractivity (Wildman–Crippen MR) is 109 cm³/mol. The molecule has 1 N–H and O–H groups in total. The molecule has 26 heavy (non-hydrogen) atoms. The second kappa shape index (κ2) is 13.4. The van der Waals surface area contributed by atoms with Crippen molar-refractivity contribution < 1.29 is 14.6 Å². The molecule has 0 spiro atoms. The Kier molecular flexibility index (Phi) is 11.9. The Morgan fingerprint density at radius 1 is 1.08 bits per heavy atom. The number of unbranched alkanes of at least 4 members (excludes halogenated alkanes) is 7. The first kappa shape index (κ1) is 23.2. The van der Waals surface area contributed by atoms with E-state index in [0.717, 1.165) is 32.1 Å². The summed E-state index contributed by atoms with van der Waals surface area (Å²) in [6.45, 7) is 6.55. The number of hydrogen-bond acceptors (Lipinski definition) is 3. The van der Waals surface area contributed by atoms with Gasteiger partial charge < -0.3 is 9.84 Å². The number of aliphatic hydroxyl groups is 1. The lowest BCUT2D eigenvalue weighted by atomic mass is 9.80. The lowest BCUT2D eigenvalue weighted by molar-refractivity contribution is -0.137. The second-order valence-corrected chi connectivity index (χ2v) is 8.26. The minimum Gasteiger partial charge on any atom is -0.463 e. The van der Waals surface area contributed by atoms with Gasteiger partial charge in [-0.15, -0.1) is 0 Å². The number of rotatable bonds is 14. The summed E-state index contributed by atoms with van der Waals surface area (Å²) >= 11 is 0. The molecule has 1 aliphatic rings. The average molecular weight is 367 g/mol. The maximum atomic E-state index is 11.3. The van der Waals surface area contributed by atoms with Gasteiger partial charge in [-0.05, 0) is 57.8 Å². The third-order valence-electron chi connectivity index (χ3n) is 5.99. The van der Waals surface area contributed by atoms with Crippen molar-refractivity contribution in [1.82, 2.24) is 0 Å². The molecule has 1 aliphatic carbocycles.